The molecule has 3 aliphatic heterocycles. The molecule has 2 aromatic rings. The first kappa shape index (κ1) is 21.0. The summed E-state index contributed by atoms with van der Waals surface area (Å²) in [5.74, 6) is -1.84. The lowest BCUT2D eigenvalue weighted by Crippen LogP contribution is -2.50. The van der Waals surface area contributed by atoms with Crippen LogP contribution in [-0.4, -0.2) is 40.6 Å². The molecule has 2 amide bonds. The molecule has 0 N–H and O–H groups in total. The van der Waals surface area contributed by atoms with Crippen molar-refractivity contribution in [1.29, 1.82) is 0 Å². The average molecular weight is 449 g/mol. The van der Waals surface area contributed by atoms with Crippen molar-refractivity contribution in [3.05, 3.63) is 70.8 Å². The number of benzene rings is 2. The third-order valence-corrected chi connectivity index (χ3v) is 7.47. The Morgan fingerprint density at radius 2 is 1.69 bits per heavy atom. The molecular formula is C26H25ClN2O3. The van der Waals surface area contributed by atoms with Crippen molar-refractivity contribution in [2.75, 3.05) is 4.90 Å². The number of rotatable bonds is 4. The fraction of sp³-hybridized carbons (Fsp3) is 0.346. The van der Waals surface area contributed by atoms with Gasteiger partial charge in [0.2, 0.25) is 11.8 Å². The fourth-order valence-corrected chi connectivity index (χ4v) is 5.65. The maximum atomic E-state index is 13.9. The van der Waals surface area contributed by atoms with Gasteiger partial charge in [-0.2, -0.15) is 0 Å². The molecular weight excluding hydrogens is 424 g/mol. The number of nitrogens with zero attached hydrogens (tertiary/aromatic N) is 2. The quantitative estimate of drug-likeness (QED) is 0.506. The van der Waals surface area contributed by atoms with Gasteiger partial charge in [0.25, 0.3) is 0 Å². The molecule has 2 aromatic carbocycles. The Bertz CT molecular complexity index is 1160. The van der Waals surface area contributed by atoms with Crippen LogP contribution in [0.5, 0.6) is 0 Å². The topological polar surface area (TPSA) is 57.7 Å². The van der Waals surface area contributed by atoms with Crippen molar-refractivity contribution in [1.82, 2.24) is 4.90 Å². The summed E-state index contributed by atoms with van der Waals surface area (Å²) >= 11 is 6.04. The number of halogens is 1. The summed E-state index contributed by atoms with van der Waals surface area (Å²) < 4.78 is 0. The van der Waals surface area contributed by atoms with Crippen molar-refractivity contribution in [3.63, 3.8) is 0 Å². The Labute approximate surface area is 192 Å². The second-order valence-corrected chi connectivity index (χ2v) is 9.37. The van der Waals surface area contributed by atoms with E-state index in [0.29, 0.717) is 17.0 Å². The third-order valence-electron chi connectivity index (χ3n) is 7.22. The van der Waals surface area contributed by atoms with Crippen molar-refractivity contribution in [2.45, 2.75) is 45.3 Å². The first-order valence-corrected chi connectivity index (χ1v) is 11.5. The van der Waals surface area contributed by atoms with E-state index in [0.717, 1.165) is 16.8 Å². The second kappa shape index (κ2) is 7.59. The smallest absolute Gasteiger partial charge is 0.236 e. The van der Waals surface area contributed by atoms with Gasteiger partial charge in [-0.05, 0) is 56.2 Å². The molecule has 2 fully saturated rings. The zero-order valence-corrected chi connectivity index (χ0v) is 19.0. The van der Waals surface area contributed by atoms with Gasteiger partial charge in [-0.25, -0.2) is 0 Å². The number of allylic oxidation sites excluding steroid dienone is 1. The maximum Gasteiger partial charge on any atom is 0.236 e. The zero-order valence-electron chi connectivity index (χ0n) is 18.3. The minimum atomic E-state index is -0.748. The van der Waals surface area contributed by atoms with E-state index in [1.807, 2.05) is 49.9 Å². The summed E-state index contributed by atoms with van der Waals surface area (Å²) in [5, 5.41) is 0.542. The minimum absolute atomic E-state index is 0.158. The molecule has 0 spiro atoms. The lowest BCUT2D eigenvalue weighted by atomic mass is 9.85. The van der Waals surface area contributed by atoms with E-state index in [1.54, 1.807) is 24.3 Å². The fourth-order valence-electron chi connectivity index (χ4n) is 5.52. The number of anilines is 1. The summed E-state index contributed by atoms with van der Waals surface area (Å²) in [7, 11) is 0. The summed E-state index contributed by atoms with van der Waals surface area (Å²) in [6.45, 7) is 5.87. The first-order chi connectivity index (χ1) is 15.3. The van der Waals surface area contributed by atoms with Gasteiger partial charge in [-0.15, -0.1) is 0 Å². The summed E-state index contributed by atoms with van der Waals surface area (Å²) in [6, 6.07) is 13.4. The largest absolute Gasteiger partial charge is 0.352 e. The molecule has 6 heteroatoms. The Balaban J connectivity index is 1.68. The van der Waals surface area contributed by atoms with E-state index in [2.05, 4.69) is 6.08 Å². The van der Waals surface area contributed by atoms with Gasteiger partial charge in [0.1, 0.15) is 6.04 Å². The number of ketones is 1. The number of likely N-dealkylation sites (tertiary alicyclic amines) is 1. The van der Waals surface area contributed by atoms with Crippen LogP contribution in [0.4, 0.5) is 5.69 Å². The number of para-hydroxylation sites is 1. The molecule has 0 bridgehead atoms. The maximum absolute atomic E-state index is 13.9. The van der Waals surface area contributed by atoms with E-state index >= 15 is 0 Å². The van der Waals surface area contributed by atoms with Gasteiger partial charge in [-0.3, -0.25) is 19.3 Å². The zero-order chi connectivity index (χ0) is 22.7. The molecule has 0 unspecified atom stereocenters. The molecule has 2 saturated heterocycles. The van der Waals surface area contributed by atoms with Crippen molar-refractivity contribution >= 4 is 40.5 Å². The number of carbonyl (C=O) groups excluding carboxylic acids is 3. The first-order valence-electron chi connectivity index (χ1n) is 11.1. The predicted octanol–water partition coefficient (Wildman–Crippen LogP) is 4.60. The Morgan fingerprint density at radius 1 is 1.03 bits per heavy atom. The van der Waals surface area contributed by atoms with Gasteiger partial charge in [0, 0.05) is 27.9 Å². The second-order valence-electron chi connectivity index (χ2n) is 8.94. The highest BCUT2D eigenvalue weighted by atomic mass is 35.5. The molecule has 0 radical (unpaired) electrons. The molecule has 0 saturated carbocycles. The van der Waals surface area contributed by atoms with Crippen molar-refractivity contribution in [3.8, 4) is 0 Å². The molecule has 32 heavy (non-hydrogen) atoms. The molecule has 5 nitrogen and oxygen atoms in total. The lowest BCUT2D eigenvalue weighted by Gasteiger charge is -2.38. The predicted molar refractivity (Wildman–Crippen MR) is 125 cm³/mol. The van der Waals surface area contributed by atoms with Crippen LogP contribution in [0.2, 0.25) is 5.02 Å². The molecule has 3 heterocycles. The number of hydrogen-bond donors (Lipinski definition) is 0. The molecule has 0 aromatic heterocycles. The number of hydrogen-bond acceptors (Lipinski definition) is 4. The van der Waals surface area contributed by atoms with Gasteiger partial charge in [0.05, 0.1) is 17.9 Å². The number of Topliss-reactive ketones (excluding diaryl/α,β-unsaturated/α-hetero) is 1. The molecule has 0 aliphatic carbocycles. The Hall–Kier alpha value is -2.92. The summed E-state index contributed by atoms with van der Waals surface area (Å²) in [5.41, 5.74) is 3.47. The van der Waals surface area contributed by atoms with Gasteiger partial charge < -0.3 is 4.90 Å². The highest BCUT2D eigenvalue weighted by Gasteiger charge is 2.64. The number of amides is 2. The standard InChI is InChI=1S/C26H25ClN2O3/c1-4-15(3)28-25(31)21-20-13-14(2)18-7-5-6-8-19(18)29(20)23(22(21)26(28)32)24(30)16-9-11-17(27)12-10-16/h5-13,15,20-23H,4H2,1-3H3/t15-,20-,21-,22+,23-/m0/s1. The number of fused-ring (bicyclic) bond motifs is 5. The van der Waals surface area contributed by atoms with Crippen molar-refractivity contribution in [2.24, 2.45) is 11.8 Å². The Morgan fingerprint density at radius 3 is 2.38 bits per heavy atom. The van der Waals surface area contributed by atoms with Gasteiger partial charge in [-0.1, -0.05) is 42.8 Å². The normalized spacial score (nSPS) is 27.1. The lowest BCUT2D eigenvalue weighted by molar-refractivity contribution is -0.142. The van der Waals surface area contributed by atoms with Crippen LogP contribution in [0.1, 0.15) is 43.1 Å². The van der Waals surface area contributed by atoms with Crippen molar-refractivity contribution < 1.29 is 14.4 Å². The van der Waals surface area contributed by atoms with Crippen LogP contribution in [0.3, 0.4) is 0 Å². The SMILES string of the molecule is CC[C@H](C)N1C(=O)[C@@H]2[C@@H](C1=O)[C@@H]1C=C(C)c3ccccc3N1[C@@H]2C(=O)c1ccc(Cl)cc1. The summed E-state index contributed by atoms with van der Waals surface area (Å²) in [6.07, 6.45) is 2.74. The van der Waals surface area contributed by atoms with Crippen LogP contribution in [0.25, 0.3) is 5.57 Å². The van der Waals surface area contributed by atoms with E-state index < -0.39 is 17.9 Å². The monoisotopic (exact) mass is 448 g/mol. The van der Waals surface area contributed by atoms with Gasteiger partial charge >= 0.3 is 0 Å². The van der Waals surface area contributed by atoms with Crippen LogP contribution < -0.4 is 4.90 Å². The minimum Gasteiger partial charge on any atom is -0.352 e. The van der Waals surface area contributed by atoms with E-state index in [1.165, 1.54) is 4.90 Å². The van der Waals surface area contributed by atoms with Crippen LogP contribution in [0, 0.1) is 11.8 Å². The third kappa shape index (κ3) is 2.87. The summed E-state index contributed by atoms with van der Waals surface area (Å²) in [4.78, 5) is 44.4. The van der Waals surface area contributed by atoms with Gasteiger partial charge in [0.15, 0.2) is 5.78 Å². The molecule has 3 aliphatic rings. The van der Waals surface area contributed by atoms with E-state index in [9.17, 15) is 14.4 Å². The van der Waals surface area contributed by atoms with E-state index in [-0.39, 0.29) is 29.7 Å². The number of carbonyl (C=O) groups is 3. The molecule has 5 atom stereocenters. The highest BCUT2D eigenvalue weighted by Crippen LogP contribution is 2.50. The molecule has 5 rings (SSSR count). The number of imide groups is 1. The van der Waals surface area contributed by atoms with Crippen LogP contribution >= 0.6 is 11.6 Å². The molecule has 164 valence electrons. The highest BCUT2D eigenvalue weighted by molar-refractivity contribution is 6.30. The van der Waals surface area contributed by atoms with E-state index in [4.69, 9.17) is 11.6 Å². The average Bonchev–Trinajstić information content (AvgIpc) is 3.26. The van der Waals surface area contributed by atoms with Crippen LogP contribution in [0.15, 0.2) is 54.6 Å². The Kier molecular flexibility index (Phi) is 4.97. The van der Waals surface area contributed by atoms with Crippen LogP contribution in [-0.2, 0) is 9.59 Å².